The molecule has 6 amide bonds. The van der Waals surface area contributed by atoms with Gasteiger partial charge in [0.15, 0.2) is 0 Å². The third-order valence-corrected chi connectivity index (χ3v) is 32.2. The maximum Gasteiger partial charge on any atom is 0.309 e. The van der Waals surface area contributed by atoms with Gasteiger partial charge >= 0.3 is 11.8 Å². The summed E-state index contributed by atoms with van der Waals surface area (Å²) in [5.74, 6) is -0.589. The molecule has 8 saturated heterocycles. The fourth-order valence-corrected chi connectivity index (χ4v) is 28.3. The number of unbranched alkanes of at least 4 members (excludes halogenated alkanes) is 6. The van der Waals surface area contributed by atoms with Crippen LogP contribution < -0.4 is 58.5 Å². The molecule has 8 aliphatic rings. The van der Waals surface area contributed by atoms with E-state index in [4.69, 9.17) is 0 Å². The van der Waals surface area contributed by atoms with Crippen LogP contribution in [0.4, 0.5) is 0 Å². The smallest absolute Gasteiger partial charge is 0.309 e. The Hall–Kier alpha value is -4.65. The Morgan fingerprint density at radius 3 is 0.811 bits per heavy atom. The monoisotopic (exact) mass is 2090 g/mol. The van der Waals surface area contributed by atoms with Crippen molar-refractivity contribution in [3.8, 4) is 0 Å². The second-order valence-electron chi connectivity index (χ2n) is 59.6. The lowest BCUT2D eigenvalue weighted by molar-refractivity contribution is -0.146. The molecule has 0 saturated carbocycles. The fourth-order valence-electron chi connectivity index (χ4n) is 28.3. The highest BCUT2D eigenvalue weighted by Crippen LogP contribution is 2.41. The maximum absolute atomic E-state index is 13.5. The van der Waals surface area contributed by atoms with E-state index >= 15 is 0 Å². The number of amides is 6. The number of carbonyl (C=O) groups is 9. The molecule has 0 aromatic heterocycles. The summed E-state index contributed by atoms with van der Waals surface area (Å²) in [6.07, 6.45) is 30.5. The molecule has 8 fully saturated rings. The average molecular weight is 2090 g/mol. The second-order valence-corrected chi connectivity index (χ2v) is 59.6. The number of nitrogens with one attached hydrogen (secondary N) is 11. The molecule has 27 heteroatoms. The number of nitrogens with zero attached hydrogens (tertiary/aromatic N) is 7. The molecule has 8 aliphatic heterocycles. The van der Waals surface area contributed by atoms with Crippen LogP contribution in [-0.4, -0.2) is 310 Å². The van der Waals surface area contributed by atoms with Gasteiger partial charge in [-0.3, -0.25) is 38.5 Å². The molecule has 8 rings (SSSR count). The average Bonchev–Trinajstić information content (AvgIpc) is 0.785. The lowest BCUT2D eigenvalue weighted by Crippen LogP contribution is -2.63. The van der Waals surface area contributed by atoms with Gasteiger partial charge in [0, 0.05) is 220 Å². The second kappa shape index (κ2) is 55.5. The number of hydrogen-bond acceptors (Lipinski definition) is 21. The standard InChI is InChI=1S/C34H66N4O2.C28H54N4O2.C25H48N4O2.C19H38N4O2.C15H30N2O/c1-27(39)19-15-11-12-16-20-30(40)38(29-25-33(6,7)36-34(8,9)26-29)22-18-14-13-17-21-37(10)28-23-31(2,3)35-32(4,5)24-28;1-21(33)13-11-14-24(34)32(23-19-27(6,7)30-28(8,9)20-23)16-12-15-31(10)22-17-25(2,3)29-26(4,5)18-22;1-18(30)21(31)29(20-16-24(6,7)27-25(8,9)17-20)13-11-12-28(10)19-14-22(2,3)26-23(4,5)15-19;1-13(2)23(14(3)4)10-9-20-16(24)17(25)21-15-11-18(5,6)22-19(7,8)12-15;1-8-13(2,3)12(18)16-11-9-14(4,5)17-15(6,7)10-11/h28-29,35-36H,11-26H2,1-10H3;22-23,29-30H,11-20H2,1-10H3;19-20,26-27H,11-17H2,1-10H3;13-15,22H,9-12H2,1-8H3,(H,20,24)(H,21,25);11,17H,8-10H2,1-7H3,(H,16,18). The minimum absolute atomic E-state index is 0.00656. The molecule has 8 heterocycles. The summed E-state index contributed by atoms with van der Waals surface area (Å²) in [7, 11) is 6.76. The van der Waals surface area contributed by atoms with Crippen molar-refractivity contribution in [3.05, 3.63) is 0 Å². The van der Waals surface area contributed by atoms with Crippen molar-refractivity contribution in [1.82, 2.24) is 92.8 Å². The zero-order chi connectivity index (χ0) is 114. The Bertz CT molecular complexity index is 4020. The molecule has 0 aromatic carbocycles. The van der Waals surface area contributed by atoms with E-state index in [1.165, 1.54) is 39.0 Å². The van der Waals surface area contributed by atoms with Crippen LogP contribution in [0, 0.1) is 5.41 Å². The van der Waals surface area contributed by atoms with E-state index < -0.39 is 11.8 Å². The minimum atomic E-state index is -0.540. The van der Waals surface area contributed by atoms with E-state index in [1.54, 1.807) is 13.8 Å². The summed E-state index contributed by atoms with van der Waals surface area (Å²) < 4.78 is 0. The quantitative estimate of drug-likeness (QED) is 0.0200. The molecule has 0 unspecified atom stereocenters. The van der Waals surface area contributed by atoms with E-state index in [-0.39, 0.29) is 153 Å². The SMILES string of the molecule is CC(=O)C(=O)N(CCCN(C)C1CC(C)(C)NC(C)(C)C1)C1CC(C)(C)NC(C)(C)C1.CC(=O)CCCC(=O)N(CCCN(C)C1CC(C)(C)NC(C)(C)C1)C1CC(C)(C)NC(C)(C)C1.CC(=O)CCCCCCC(=O)N(CCCCCCN(C)C1CC(C)(C)NC(C)(C)C1)C1CC(C)(C)NC(C)(C)C1.CC(C)N(CCNC(=O)C(=O)NC1CC(C)(C)NC(C)(C)C1)C(C)C.CCC(C)(C)C(=O)NC1CC(C)(C)NC(C)(C)C1. The summed E-state index contributed by atoms with van der Waals surface area (Å²) in [5.41, 5.74) is 0.536. The number of ketones is 3. The van der Waals surface area contributed by atoms with Gasteiger partial charge in [-0.05, 0) is 458 Å². The van der Waals surface area contributed by atoms with Crippen molar-refractivity contribution in [2.45, 2.75) is 645 Å². The van der Waals surface area contributed by atoms with Gasteiger partial charge in [-0.1, -0.05) is 46.5 Å². The van der Waals surface area contributed by atoms with Crippen molar-refractivity contribution in [1.29, 1.82) is 0 Å². The van der Waals surface area contributed by atoms with Crippen LogP contribution in [-0.2, 0) is 43.2 Å². The molecular weight excluding hydrogens is 1850 g/mol. The van der Waals surface area contributed by atoms with Crippen LogP contribution in [0.1, 0.15) is 496 Å². The lowest BCUT2D eigenvalue weighted by Gasteiger charge is -2.50. The van der Waals surface area contributed by atoms with Gasteiger partial charge in [0.2, 0.25) is 23.5 Å². The molecule has 0 aliphatic carbocycles. The third kappa shape index (κ3) is 50.7. The van der Waals surface area contributed by atoms with Gasteiger partial charge in [-0.2, -0.15) is 0 Å². The van der Waals surface area contributed by atoms with Crippen molar-refractivity contribution < 1.29 is 43.2 Å². The minimum Gasteiger partial charge on any atom is -0.353 e. The number of Topliss-reactive ketones (excluding diaryl/α,β-unsaturated/α-hetero) is 3. The van der Waals surface area contributed by atoms with Gasteiger partial charge in [0.1, 0.15) is 11.6 Å². The molecule has 0 aromatic rings. The first-order valence-corrected chi connectivity index (χ1v) is 58.5. The molecule has 0 radical (unpaired) electrons. The first-order valence-electron chi connectivity index (χ1n) is 58.5. The first kappa shape index (κ1) is 136. The number of rotatable bonds is 42. The highest BCUT2D eigenvalue weighted by atomic mass is 16.2. The van der Waals surface area contributed by atoms with E-state index in [0.29, 0.717) is 87.4 Å². The summed E-state index contributed by atoms with van der Waals surface area (Å²) >= 11 is 0. The van der Waals surface area contributed by atoms with E-state index in [1.807, 2.05) is 18.7 Å². The highest BCUT2D eigenvalue weighted by Gasteiger charge is 2.49. The van der Waals surface area contributed by atoms with Crippen LogP contribution in [0.5, 0.6) is 0 Å². The summed E-state index contributed by atoms with van der Waals surface area (Å²) in [6, 6.07) is 3.41. The van der Waals surface area contributed by atoms with Gasteiger partial charge in [-0.25, -0.2) is 0 Å². The first-order chi connectivity index (χ1) is 67.0. The molecular formula is C121H236N18O9. The predicted molar refractivity (Wildman–Crippen MR) is 619 cm³/mol. The fraction of sp³-hybridized carbons (Fsp3) is 0.926. The van der Waals surface area contributed by atoms with Crippen LogP contribution >= 0.6 is 0 Å². The van der Waals surface area contributed by atoms with Crippen molar-refractivity contribution in [2.24, 2.45) is 5.41 Å². The Morgan fingerprint density at radius 1 is 0.284 bits per heavy atom. The summed E-state index contributed by atoms with van der Waals surface area (Å²) in [6.45, 7) is 97.7. The molecule has 0 spiro atoms. The summed E-state index contributed by atoms with van der Waals surface area (Å²) in [5, 5.41) is 38.7. The van der Waals surface area contributed by atoms with E-state index in [2.05, 4.69) is 365 Å². The Morgan fingerprint density at radius 2 is 0.520 bits per heavy atom. The van der Waals surface area contributed by atoms with E-state index in [0.717, 1.165) is 181 Å². The van der Waals surface area contributed by atoms with Crippen LogP contribution in [0.25, 0.3) is 0 Å². The van der Waals surface area contributed by atoms with Crippen LogP contribution in [0.15, 0.2) is 0 Å². The Balaban J connectivity index is 0.000000393. The zero-order valence-electron chi connectivity index (χ0n) is 104. The predicted octanol–water partition coefficient (Wildman–Crippen LogP) is 19.2. The Kier molecular flexibility index (Phi) is 50.9. The van der Waals surface area contributed by atoms with Gasteiger partial charge < -0.3 is 97.5 Å². The largest absolute Gasteiger partial charge is 0.353 e. The molecule has 0 bridgehead atoms. The van der Waals surface area contributed by atoms with Crippen molar-refractivity contribution in [3.63, 3.8) is 0 Å². The maximum atomic E-state index is 13.5. The molecule has 864 valence electrons. The van der Waals surface area contributed by atoms with Crippen molar-refractivity contribution in [2.75, 3.05) is 73.5 Å². The molecule has 27 nitrogen and oxygen atoms in total. The number of carbonyl (C=O) groups excluding carboxylic acids is 9. The van der Waals surface area contributed by atoms with Gasteiger partial charge in [0.25, 0.3) is 5.91 Å². The topological polar surface area (TPSA) is 309 Å². The third-order valence-electron chi connectivity index (χ3n) is 32.2. The molecule has 11 N–H and O–H groups in total. The normalized spacial score (nSPS) is 23.2. The molecule has 0 atom stereocenters. The zero-order valence-corrected chi connectivity index (χ0v) is 104. The van der Waals surface area contributed by atoms with Crippen molar-refractivity contribution >= 4 is 52.8 Å². The summed E-state index contributed by atoms with van der Waals surface area (Å²) in [4.78, 5) is 127. The Labute approximate surface area is 907 Å². The number of piperidine rings is 8. The van der Waals surface area contributed by atoms with Crippen LogP contribution in [0.3, 0.4) is 0 Å². The van der Waals surface area contributed by atoms with Crippen LogP contribution in [0.2, 0.25) is 0 Å². The van der Waals surface area contributed by atoms with Gasteiger partial charge in [0.05, 0.1) is 0 Å². The molecule has 148 heavy (non-hydrogen) atoms. The van der Waals surface area contributed by atoms with E-state index in [9.17, 15) is 43.2 Å². The number of hydrogen-bond donors (Lipinski definition) is 11. The lowest BCUT2D eigenvalue weighted by atomic mass is 9.78. The highest BCUT2D eigenvalue weighted by molar-refractivity contribution is 6.35. The van der Waals surface area contributed by atoms with Gasteiger partial charge in [-0.15, -0.1) is 0 Å².